The van der Waals surface area contributed by atoms with Crippen molar-refractivity contribution in [3.8, 4) is 50.2 Å². The van der Waals surface area contributed by atoms with E-state index in [1.54, 1.807) is 0 Å². The predicted molar refractivity (Wildman–Crippen MR) is 234 cm³/mol. The number of nitrogens with zero attached hydrogens (tertiary/aromatic N) is 2. The van der Waals surface area contributed by atoms with E-state index in [1.807, 2.05) is 18.2 Å². The molecular weight excluding hydrogens is 647 g/mol. The van der Waals surface area contributed by atoms with Gasteiger partial charge in [-0.05, 0) is 102 Å². The van der Waals surface area contributed by atoms with Crippen molar-refractivity contribution in [2.45, 2.75) is 13.3 Å². The maximum absolute atomic E-state index is 6.52. The first-order chi connectivity index (χ1) is 26.3. The molecule has 0 aliphatic rings. The van der Waals surface area contributed by atoms with Crippen molar-refractivity contribution in [1.82, 2.24) is 9.55 Å². The number of benzene rings is 8. The molecule has 1 heterocycles. The van der Waals surface area contributed by atoms with Gasteiger partial charge in [0.2, 0.25) is 0 Å². The Labute approximate surface area is 322 Å². The van der Waals surface area contributed by atoms with E-state index in [4.69, 9.17) is 44.2 Å². The standard InChI is InChI=1S/C47H29B5N2/c1-2-39-53-37-22-7-8-23-38(37)54(39)32-17-11-13-28(26-32)27-12-9-14-29(24-27)40-33-18-3-5-20-35(33)41(36-21-6-4-19-34(36)40)30-15-10-16-31(25-30)42-43(48)45(50)47(52)46(51)44(42)49/h3-26H,2H2,1H3. The highest BCUT2D eigenvalue weighted by Crippen LogP contribution is 2.44. The molecule has 7 heteroatoms. The molecule has 242 valence electrons. The number of imidazole rings is 1. The minimum atomic E-state index is 0.201. The molecule has 0 bridgehead atoms. The lowest BCUT2D eigenvalue weighted by molar-refractivity contribution is 0.908. The Bertz CT molecular complexity index is 2860. The smallest absolute Gasteiger partial charge is 0.114 e. The second-order valence-electron chi connectivity index (χ2n) is 13.7. The Morgan fingerprint density at radius 2 is 0.852 bits per heavy atom. The van der Waals surface area contributed by atoms with E-state index >= 15 is 0 Å². The van der Waals surface area contributed by atoms with E-state index in [1.165, 1.54) is 5.56 Å². The molecule has 0 aliphatic heterocycles. The zero-order valence-electron chi connectivity index (χ0n) is 29.8. The van der Waals surface area contributed by atoms with Crippen LogP contribution in [0.25, 0.3) is 82.8 Å². The molecule has 0 aliphatic carbocycles. The van der Waals surface area contributed by atoms with E-state index in [9.17, 15) is 0 Å². The fraction of sp³-hybridized carbons (Fsp3) is 0.0426. The Balaban J connectivity index is 1.22. The normalized spacial score (nSPS) is 11.5. The third-order valence-electron chi connectivity index (χ3n) is 10.6. The second-order valence-corrected chi connectivity index (χ2v) is 13.7. The lowest BCUT2D eigenvalue weighted by Gasteiger charge is -2.22. The van der Waals surface area contributed by atoms with Gasteiger partial charge in [-0.15, -0.1) is 16.4 Å². The van der Waals surface area contributed by atoms with Crippen LogP contribution >= 0.6 is 0 Å². The number of hydrogen-bond acceptors (Lipinski definition) is 1. The Morgan fingerprint density at radius 1 is 0.426 bits per heavy atom. The van der Waals surface area contributed by atoms with Crippen molar-refractivity contribution < 1.29 is 0 Å². The van der Waals surface area contributed by atoms with Crippen LogP contribution in [0.3, 0.4) is 0 Å². The van der Waals surface area contributed by atoms with Crippen molar-refractivity contribution in [3.63, 3.8) is 0 Å². The first-order valence-corrected chi connectivity index (χ1v) is 18.1. The first-order valence-electron chi connectivity index (χ1n) is 18.1. The first kappa shape index (κ1) is 33.9. The summed E-state index contributed by atoms with van der Waals surface area (Å²) in [6.45, 7) is 2.15. The van der Waals surface area contributed by atoms with Crippen molar-refractivity contribution >= 4 is 99.1 Å². The number of para-hydroxylation sites is 2. The van der Waals surface area contributed by atoms with E-state index in [0.29, 0.717) is 16.5 Å². The van der Waals surface area contributed by atoms with E-state index in [0.717, 1.165) is 83.9 Å². The van der Waals surface area contributed by atoms with Crippen molar-refractivity contribution in [2.75, 3.05) is 0 Å². The maximum atomic E-state index is 6.52. The van der Waals surface area contributed by atoms with Crippen LogP contribution in [0.1, 0.15) is 12.7 Å². The van der Waals surface area contributed by atoms with Gasteiger partial charge in [-0.25, -0.2) is 4.98 Å². The highest BCUT2D eigenvalue weighted by molar-refractivity contribution is 6.68. The van der Waals surface area contributed by atoms with Crippen LogP contribution in [0.5, 0.6) is 0 Å². The number of aryl methyl sites for hydroxylation is 1. The fourth-order valence-corrected chi connectivity index (χ4v) is 8.02. The zero-order chi connectivity index (χ0) is 37.1. The van der Waals surface area contributed by atoms with E-state index < -0.39 is 0 Å². The molecule has 0 saturated heterocycles. The highest BCUT2D eigenvalue weighted by Gasteiger charge is 2.19. The molecule has 0 unspecified atom stereocenters. The minimum absolute atomic E-state index is 0.201. The van der Waals surface area contributed by atoms with Gasteiger partial charge >= 0.3 is 0 Å². The Morgan fingerprint density at radius 3 is 1.41 bits per heavy atom. The second kappa shape index (κ2) is 13.5. The summed E-state index contributed by atoms with van der Waals surface area (Å²) in [5.41, 5.74) is 12.6. The molecule has 9 rings (SSSR count). The number of fused-ring (bicyclic) bond motifs is 3. The molecule has 1 aromatic heterocycles. The maximum Gasteiger partial charge on any atom is 0.114 e. The van der Waals surface area contributed by atoms with Crippen LogP contribution in [-0.4, -0.2) is 48.8 Å². The number of aromatic nitrogens is 2. The summed E-state index contributed by atoms with van der Waals surface area (Å²) < 4.78 is 2.28. The summed E-state index contributed by atoms with van der Waals surface area (Å²) in [5.74, 6) is 1.04. The van der Waals surface area contributed by atoms with Gasteiger partial charge in [0.25, 0.3) is 0 Å². The molecule has 0 spiro atoms. The molecule has 0 amide bonds. The lowest BCUT2D eigenvalue weighted by Crippen LogP contribution is -2.55. The Kier molecular flexibility index (Phi) is 8.46. The number of hydrogen-bond donors (Lipinski definition) is 0. The van der Waals surface area contributed by atoms with Gasteiger partial charge < -0.3 is 0 Å². The van der Waals surface area contributed by atoms with Crippen LogP contribution in [0.15, 0.2) is 146 Å². The van der Waals surface area contributed by atoms with Gasteiger partial charge in [-0.3, -0.25) is 4.57 Å². The summed E-state index contributed by atoms with van der Waals surface area (Å²) >= 11 is 0. The van der Waals surface area contributed by atoms with Crippen LogP contribution in [-0.2, 0) is 6.42 Å². The van der Waals surface area contributed by atoms with Gasteiger partial charge in [-0.2, -0.15) is 0 Å². The quantitative estimate of drug-likeness (QED) is 0.145. The fourth-order valence-electron chi connectivity index (χ4n) is 8.02. The average molecular weight is 676 g/mol. The van der Waals surface area contributed by atoms with Crippen LogP contribution in [0, 0.1) is 0 Å². The van der Waals surface area contributed by atoms with Crippen LogP contribution < -0.4 is 27.3 Å². The summed E-state index contributed by atoms with van der Waals surface area (Å²) in [5, 5.41) is 4.57. The molecule has 10 radical (unpaired) electrons. The third kappa shape index (κ3) is 5.45. The van der Waals surface area contributed by atoms with Gasteiger partial charge in [0.1, 0.15) is 45.1 Å². The zero-order valence-corrected chi connectivity index (χ0v) is 29.8. The molecular formula is C47H29B5N2. The highest BCUT2D eigenvalue weighted by atomic mass is 15.1. The SMILES string of the molecule is [B]c1c([B])c([B])c(-c2cccc(-c3c4ccccc4c(-c4cccc(-c5cccc(-n6c(CC)nc7ccccc76)c5)c4)c4ccccc34)c2)c([B])c1[B]. The molecule has 0 fully saturated rings. The molecule has 9 aromatic rings. The van der Waals surface area contributed by atoms with Gasteiger partial charge in [-0.1, -0.05) is 127 Å². The van der Waals surface area contributed by atoms with Crippen molar-refractivity contribution in [1.29, 1.82) is 0 Å². The van der Waals surface area contributed by atoms with Crippen molar-refractivity contribution in [2.24, 2.45) is 0 Å². The van der Waals surface area contributed by atoms with E-state index in [-0.39, 0.29) is 16.4 Å². The molecule has 8 aromatic carbocycles. The Hall–Kier alpha value is -5.93. The largest absolute Gasteiger partial charge is 0.296 e. The average Bonchev–Trinajstić information content (AvgIpc) is 3.60. The van der Waals surface area contributed by atoms with Crippen LogP contribution in [0.2, 0.25) is 0 Å². The summed E-state index contributed by atoms with van der Waals surface area (Å²) in [6, 6.07) is 51.4. The van der Waals surface area contributed by atoms with Gasteiger partial charge in [0.15, 0.2) is 0 Å². The van der Waals surface area contributed by atoms with Crippen LogP contribution in [0.4, 0.5) is 0 Å². The van der Waals surface area contributed by atoms with Gasteiger partial charge in [0, 0.05) is 12.1 Å². The number of rotatable bonds is 6. The van der Waals surface area contributed by atoms with Gasteiger partial charge in [0.05, 0.1) is 11.0 Å². The predicted octanol–water partition coefficient (Wildman–Crippen LogP) is 6.53. The summed E-state index contributed by atoms with van der Waals surface area (Å²) in [6.07, 6.45) is 0.835. The summed E-state index contributed by atoms with van der Waals surface area (Å²) in [4.78, 5) is 4.93. The topological polar surface area (TPSA) is 17.8 Å². The molecule has 2 nitrogen and oxygen atoms in total. The molecule has 54 heavy (non-hydrogen) atoms. The molecule has 0 atom stereocenters. The monoisotopic (exact) mass is 676 g/mol. The van der Waals surface area contributed by atoms with Crippen molar-refractivity contribution in [3.05, 3.63) is 151 Å². The minimum Gasteiger partial charge on any atom is -0.296 e. The van der Waals surface area contributed by atoms with E-state index in [2.05, 4.69) is 139 Å². The third-order valence-corrected chi connectivity index (χ3v) is 10.6. The molecule has 0 N–H and O–H groups in total. The lowest BCUT2D eigenvalue weighted by atomic mass is 9.59. The summed E-state index contributed by atoms with van der Waals surface area (Å²) in [7, 11) is 31.7. The molecule has 0 saturated carbocycles.